The fourth-order valence-corrected chi connectivity index (χ4v) is 3.14. The summed E-state index contributed by atoms with van der Waals surface area (Å²) in [6.07, 6.45) is 0. The zero-order chi connectivity index (χ0) is 20.5. The van der Waals surface area contributed by atoms with Gasteiger partial charge < -0.3 is 10.2 Å². The predicted octanol–water partition coefficient (Wildman–Crippen LogP) is 3.47. The van der Waals surface area contributed by atoms with Gasteiger partial charge in [0, 0.05) is 49.3 Å². The van der Waals surface area contributed by atoms with Crippen LogP contribution in [0.1, 0.15) is 11.1 Å². The van der Waals surface area contributed by atoms with Crippen LogP contribution in [0.3, 0.4) is 0 Å². The topological polar surface area (TPSA) is 81.1 Å². The Bertz CT molecular complexity index is 779. The van der Waals surface area contributed by atoms with Gasteiger partial charge in [-0.15, -0.1) is 0 Å². The lowest BCUT2D eigenvalue weighted by molar-refractivity contribution is -0.159. The van der Waals surface area contributed by atoms with E-state index >= 15 is 0 Å². The highest BCUT2D eigenvalue weighted by Crippen LogP contribution is 2.18. The number of aliphatic carboxylic acids is 2. The molecule has 2 N–H and O–H groups in total. The molecule has 0 aromatic heterocycles. The lowest BCUT2D eigenvalue weighted by Gasteiger charge is -2.34. The number of carboxylic acid groups (broad SMARTS) is 2. The first-order chi connectivity index (χ1) is 13.3. The van der Waals surface area contributed by atoms with Crippen molar-refractivity contribution in [3.05, 3.63) is 69.7 Å². The summed E-state index contributed by atoms with van der Waals surface area (Å²) in [6.45, 7) is 6.28. The van der Waals surface area contributed by atoms with Gasteiger partial charge in [-0.05, 0) is 29.3 Å². The number of hydrogen-bond donors (Lipinski definition) is 2. The molecule has 0 unspecified atom stereocenters. The third kappa shape index (κ3) is 7.48. The van der Waals surface area contributed by atoms with Crippen LogP contribution in [-0.4, -0.2) is 58.1 Å². The van der Waals surface area contributed by atoms with Crippen LogP contribution in [0.15, 0.2) is 48.5 Å². The Morgan fingerprint density at radius 2 is 1.29 bits per heavy atom. The molecular weight excluding hydrogens is 403 g/mol. The van der Waals surface area contributed by atoms with Crippen LogP contribution in [0, 0.1) is 0 Å². The molecule has 0 saturated carbocycles. The standard InChI is InChI=1S/C18H20Cl2N2.C2H2O4/c19-17-7-5-15(6-8-17)13-21-9-11-22(12-10-21)14-16-3-1-2-4-18(16)20;3-1(4)2(5)6/h1-8H,9-14H2;(H,3,4)(H,5,6). The molecule has 1 aliphatic rings. The van der Waals surface area contributed by atoms with Crippen molar-refractivity contribution in [3.8, 4) is 0 Å². The lowest BCUT2D eigenvalue weighted by Crippen LogP contribution is -2.45. The predicted molar refractivity (Wildman–Crippen MR) is 109 cm³/mol. The van der Waals surface area contributed by atoms with Gasteiger partial charge >= 0.3 is 11.9 Å². The van der Waals surface area contributed by atoms with Crippen LogP contribution >= 0.6 is 23.2 Å². The Morgan fingerprint density at radius 3 is 1.79 bits per heavy atom. The van der Waals surface area contributed by atoms with Gasteiger partial charge in [-0.25, -0.2) is 9.59 Å². The summed E-state index contributed by atoms with van der Waals surface area (Å²) in [6, 6.07) is 16.3. The number of nitrogens with zero attached hydrogens (tertiary/aromatic N) is 2. The maximum absolute atomic E-state index is 9.10. The minimum Gasteiger partial charge on any atom is -0.473 e. The van der Waals surface area contributed by atoms with Crippen LogP contribution < -0.4 is 0 Å². The fraction of sp³-hybridized carbons (Fsp3) is 0.300. The van der Waals surface area contributed by atoms with Gasteiger partial charge in [0.15, 0.2) is 0 Å². The number of piperazine rings is 1. The third-order valence-corrected chi connectivity index (χ3v) is 4.94. The number of rotatable bonds is 4. The Morgan fingerprint density at radius 1 is 0.786 bits per heavy atom. The molecule has 1 fully saturated rings. The van der Waals surface area contributed by atoms with Gasteiger partial charge in [0.25, 0.3) is 0 Å². The lowest BCUT2D eigenvalue weighted by atomic mass is 10.1. The third-order valence-electron chi connectivity index (χ3n) is 4.32. The molecule has 150 valence electrons. The van der Waals surface area contributed by atoms with Gasteiger partial charge in [-0.3, -0.25) is 9.80 Å². The average molecular weight is 425 g/mol. The van der Waals surface area contributed by atoms with Crippen LogP contribution in [0.4, 0.5) is 0 Å². The largest absolute Gasteiger partial charge is 0.473 e. The molecule has 1 aliphatic heterocycles. The van der Waals surface area contributed by atoms with Crippen LogP contribution in [-0.2, 0) is 22.7 Å². The monoisotopic (exact) mass is 424 g/mol. The van der Waals surface area contributed by atoms with Gasteiger partial charge in [-0.1, -0.05) is 53.5 Å². The molecule has 0 atom stereocenters. The van der Waals surface area contributed by atoms with E-state index in [1.807, 2.05) is 24.3 Å². The average Bonchev–Trinajstić information content (AvgIpc) is 2.67. The molecule has 1 heterocycles. The number of hydrogen-bond acceptors (Lipinski definition) is 4. The first kappa shape index (κ1) is 22.2. The second kappa shape index (κ2) is 11.0. The van der Waals surface area contributed by atoms with E-state index < -0.39 is 11.9 Å². The van der Waals surface area contributed by atoms with Crippen LogP contribution in [0.25, 0.3) is 0 Å². The fourth-order valence-electron chi connectivity index (χ4n) is 2.82. The zero-order valence-corrected chi connectivity index (χ0v) is 16.7. The summed E-state index contributed by atoms with van der Waals surface area (Å²) in [5.74, 6) is -3.65. The van der Waals surface area contributed by atoms with E-state index in [0.717, 1.165) is 49.3 Å². The van der Waals surface area contributed by atoms with E-state index in [0.29, 0.717) is 0 Å². The van der Waals surface area contributed by atoms with Crippen molar-refractivity contribution in [2.45, 2.75) is 13.1 Å². The Hall–Kier alpha value is -2.12. The SMILES string of the molecule is Clc1ccc(CN2CCN(Cc3ccccc3Cl)CC2)cc1.O=C(O)C(=O)O. The summed E-state index contributed by atoms with van der Waals surface area (Å²) in [4.78, 5) is 23.2. The quantitative estimate of drug-likeness (QED) is 0.731. The van der Waals surface area contributed by atoms with Gasteiger partial charge in [0.1, 0.15) is 0 Å². The highest BCUT2D eigenvalue weighted by molar-refractivity contribution is 6.31. The summed E-state index contributed by atoms with van der Waals surface area (Å²) < 4.78 is 0. The Kier molecular flexibility index (Phi) is 8.73. The van der Waals surface area contributed by atoms with E-state index in [-0.39, 0.29) is 0 Å². The maximum Gasteiger partial charge on any atom is 0.414 e. The Labute approximate surface area is 173 Å². The van der Waals surface area contributed by atoms with Crippen molar-refractivity contribution in [3.63, 3.8) is 0 Å². The molecular formula is C20H22Cl2N2O4. The van der Waals surface area contributed by atoms with E-state index in [2.05, 4.69) is 34.1 Å². The summed E-state index contributed by atoms with van der Waals surface area (Å²) in [5.41, 5.74) is 2.54. The molecule has 6 nitrogen and oxygen atoms in total. The zero-order valence-electron chi connectivity index (χ0n) is 15.2. The number of halogens is 2. The number of carbonyl (C=O) groups is 2. The first-order valence-electron chi connectivity index (χ1n) is 8.74. The van der Waals surface area contributed by atoms with Crippen molar-refractivity contribution in [1.29, 1.82) is 0 Å². The molecule has 2 aromatic carbocycles. The van der Waals surface area contributed by atoms with Crippen molar-refractivity contribution < 1.29 is 19.8 Å². The highest BCUT2D eigenvalue weighted by Gasteiger charge is 2.17. The molecule has 8 heteroatoms. The number of benzene rings is 2. The van der Waals surface area contributed by atoms with Crippen molar-refractivity contribution in [2.24, 2.45) is 0 Å². The molecule has 0 spiro atoms. The smallest absolute Gasteiger partial charge is 0.414 e. The molecule has 1 saturated heterocycles. The van der Waals surface area contributed by atoms with E-state index in [1.54, 1.807) is 0 Å². The summed E-state index contributed by atoms with van der Waals surface area (Å²) >= 11 is 12.2. The number of carboxylic acids is 2. The summed E-state index contributed by atoms with van der Waals surface area (Å²) in [7, 11) is 0. The molecule has 0 radical (unpaired) electrons. The minimum atomic E-state index is -1.82. The maximum atomic E-state index is 9.10. The Balaban J connectivity index is 0.000000409. The molecule has 2 aromatic rings. The summed E-state index contributed by atoms with van der Waals surface area (Å²) in [5, 5.41) is 16.4. The van der Waals surface area contributed by atoms with Crippen molar-refractivity contribution in [1.82, 2.24) is 9.80 Å². The minimum absolute atomic E-state index is 0.799. The van der Waals surface area contributed by atoms with E-state index in [1.165, 1.54) is 11.1 Å². The van der Waals surface area contributed by atoms with E-state index in [9.17, 15) is 0 Å². The van der Waals surface area contributed by atoms with Crippen molar-refractivity contribution >= 4 is 35.1 Å². The highest BCUT2D eigenvalue weighted by atomic mass is 35.5. The second-order valence-electron chi connectivity index (χ2n) is 6.38. The second-order valence-corrected chi connectivity index (χ2v) is 7.22. The van der Waals surface area contributed by atoms with E-state index in [4.69, 9.17) is 43.0 Å². The molecule has 0 bridgehead atoms. The molecule has 3 rings (SSSR count). The normalized spacial score (nSPS) is 14.8. The molecule has 0 aliphatic carbocycles. The van der Waals surface area contributed by atoms with Crippen molar-refractivity contribution in [2.75, 3.05) is 26.2 Å². The van der Waals surface area contributed by atoms with Gasteiger partial charge in [0.05, 0.1) is 0 Å². The van der Waals surface area contributed by atoms with Crippen LogP contribution in [0.2, 0.25) is 10.0 Å². The van der Waals surface area contributed by atoms with Gasteiger partial charge in [0.2, 0.25) is 0 Å². The molecule has 0 amide bonds. The van der Waals surface area contributed by atoms with Gasteiger partial charge in [-0.2, -0.15) is 0 Å². The first-order valence-corrected chi connectivity index (χ1v) is 9.49. The van der Waals surface area contributed by atoms with Crippen LogP contribution in [0.5, 0.6) is 0 Å². The molecule has 28 heavy (non-hydrogen) atoms.